The minimum Gasteiger partial charge on any atom is -0.324 e. The molecule has 0 saturated carbocycles. The molecule has 0 rings (SSSR count). The van der Waals surface area contributed by atoms with Gasteiger partial charge >= 0.3 is 0 Å². The first-order valence-electron chi connectivity index (χ1n) is 16.1. The molecule has 0 bridgehead atoms. The molecule has 0 aromatic carbocycles. The van der Waals surface area contributed by atoms with E-state index in [0.717, 1.165) is 0 Å². The Morgan fingerprint density at radius 2 is 0.441 bits per heavy atom. The number of quaternary nitrogens is 1. The average Bonchev–Trinajstić information content (AvgIpc) is 2.83. The summed E-state index contributed by atoms with van der Waals surface area (Å²) in [5.74, 6) is 0. The van der Waals surface area contributed by atoms with Crippen LogP contribution < -0.4 is 0 Å². The second kappa shape index (κ2) is 29.8. The van der Waals surface area contributed by atoms with E-state index in [9.17, 15) is 0 Å². The van der Waals surface area contributed by atoms with E-state index in [1.165, 1.54) is 185 Å². The SMILES string of the molecule is CCCCCCCC[N+](CCCCCCCC)(CCCCCCCC)CCCCCCCC.[Zn]. The standard InChI is InChI=1S/C32H68N.Zn/c1-5-9-13-17-21-25-29-33(30-26-22-18-14-10-6-2,31-27-23-19-15-11-7-3)32-28-24-20-16-12-8-4;/h5-32H2,1-4H3;/q+1;. The Labute approximate surface area is 231 Å². The molecule has 0 saturated heterocycles. The molecule has 0 aliphatic rings. The van der Waals surface area contributed by atoms with Gasteiger partial charge in [-0.05, 0) is 51.4 Å². The van der Waals surface area contributed by atoms with Crippen LogP contribution in [0.25, 0.3) is 0 Å². The van der Waals surface area contributed by atoms with Gasteiger partial charge in [-0.25, -0.2) is 0 Å². The fourth-order valence-corrected chi connectivity index (χ4v) is 5.58. The maximum atomic E-state index is 2.34. The van der Waals surface area contributed by atoms with Gasteiger partial charge < -0.3 is 4.48 Å². The van der Waals surface area contributed by atoms with Gasteiger partial charge in [0.25, 0.3) is 0 Å². The topological polar surface area (TPSA) is 0 Å². The molecule has 0 N–H and O–H groups in total. The molecule has 202 valence electrons. The van der Waals surface area contributed by atoms with Crippen LogP contribution in [0.3, 0.4) is 0 Å². The van der Waals surface area contributed by atoms with E-state index in [4.69, 9.17) is 0 Å². The number of hydrogen-bond donors (Lipinski definition) is 0. The van der Waals surface area contributed by atoms with Crippen molar-refractivity contribution in [3.63, 3.8) is 0 Å². The molecule has 0 unspecified atom stereocenters. The maximum Gasteiger partial charge on any atom is 0.0786 e. The molecule has 1 nitrogen and oxygen atoms in total. The predicted molar refractivity (Wildman–Crippen MR) is 153 cm³/mol. The third-order valence-corrected chi connectivity index (χ3v) is 7.94. The smallest absolute Gasteiger partial charge is 0.0786 e. The van der Waals surface area contributed by atoms with Crippen LogP contribution in [0, 0.1) is 0 Å². The first-order valence-corrected chi connectivity index (χ1v) is 16.1. The van der Waals surface area contributed by atoms with Gasteiger partial charge in [0.2, 0.25) is 0 Å². The monoisotopic (exact) mass is 530 g/mol. The summed E-state index contributed by atoms with van der Waals surface area (Å²) in [4.78, 5) is 0. The quantitative estimate of drug-likeness (QED) is 0.0534. The number of rotatable bonds is 28. The minimum atomic E-state index is 0. The van der Waals surface area contributed by atoms with Crippen molar-refractivity contribution < 1.29 is 24.0 Å². The normalized spacial score (nSPS) is 11.6. The van der Waals surface area contributed by atoms with E-state index in [1.54, 1.807) is 0 Å². The van der Waals surface area contributed by atoms with Gasteiger partial charge in [0.15, 0.2) is 0 Å². The van der Waals surface area contributed by atoms with Crippen LogP contribution in [0.4, 0.5) is 0 Å². The van der Waals surface area contributed by atoms with Crippen molar-refractivity contribution in [2.75, 3.05) is 26.2 Å². The average molecular weight is 532 g/mol. The van der Waals surface area contributed by atoms with E-state index < -0.39 is 0 Å². The molecule has 0 aliphatic carbocycles. The Balaban J connectivity index is 0. The van der Waals surface area contributed by atoms with E-state index in [1.807, 2.05) is 0 Å². The molecule has 0 amide bonds. The predicted octanol–water partition coefficient (Wildman–Crippen LogP) is 11.2. The molecule has 2 heteroatoms. The van der Waals surface area contributed by atoms with Gasteiger partial charge in [-0.3, -0.25) is 0 Å². The van der Waals surface area contributed by atoms with Crippen LogP contribution >= 0.6 is 0 Å². The zero-order valence-corrected chi connectivity index (χ0v) is 27.9. The second-order valence-electron chi connectivity index (χ2n) is 11.3. The van der Waals surface area contributed by atoms with Gasteiger partial charge in [-0.15, -0.1) is 0 Å². The summed E-state index contributed by atoms with van der Waals surface area (Å²) < 4.78 is 1.48. The van der Waals surface area contributed by atoms with Crippen LogP contribution in [-0.2, 0) is 19.5 Å². The third-order valence-electron chi connectivity index (χ3n) is 7.94. The molecule has 0 aliphatic heterocycles. The van der Waals surface area contributed by atoms with Crippen molar-refractivity contribution in [2.24, 2.45) is 0 Å². The van der Waals surface area contributed by atoms with Crippen LogP contribution in [0.2, 0.25) is 0 Å². The van der Waals surface area contributed by atoms with E-state index in [0.29, 0.717) is 0 Å². The molecule has 0 atom stereocenters. The number of unbranched alkanes of at least 4 members (excludes halogenated alkanes) is 20. The number of nitrogens with zero attached hydrogens (tertiary/aromatic N) is 1. The van der Waals surface area contributed by atoms with Crippen molar-refractivity contribution >= 4 is 0 Å². The van der Waals surface area contributed by atoms with Crippen molar-refractivity contribution in [1.29, 1.82) is 0 Å². The summed E-state index contributed by atoms with van der Waals surface area (Å²) in [7, 11) is 0. The summed E-state index contributed by atoms with van der Waals surface area (Å²) in [5.41, 5.74) is 0. The molecule has 0 aromatic rings. The van der Waals surface area contributed by atoms with E-state index in [2.05, 4.69) is 27.7 Å². The van der Waals surface area contributed by atoms with Crippen molar-refractivity contribution in [1.82, 2.24) is 0 Å². The zero-order chi connectivity index (χ0) is 24.3. The Morgan fingerprint density at radius 3 is 0.647 bits per heavy atom. The van der Waals surface area contributed by atoms with Gasteiger partial charge in [-0.2, -0.15) is 0 Å². The van der Waals surface area contributed by atoms with Gasteiger partial charge in [0.1, 0.15) is 0 Å². The van der Waals surface area contributed by atoms with Gasteiger partial charge in [-0.1, -0.05) is 130 Å². The number of hydrogen-bond acceptors (Lipinski definition) is 0. The molecule has 0 fully saturated rings. The second-order valence-corrected chi connectivity index (χ2v) is 11.3. The van der Waals surface area contributed by atoms with Crippen LogP contribution in [0.5, 0.6) is 0 Å². The van der Waals surface area contributed by atoms with Crippen LogP contribution in [-0.4, -0.2) is 30.7 Å². The Hall–Kier alpha value is 0.583. The molecule has 0 spiro atoms. The van der Waals surface area contributed by atoms with Crippen molar-refractivity contribution in [3.05, 3.63) is 0 Å². The van der Waals surface area contributed by atoms with Crippen molar-refractivity contribution in [2.45, 2.75) is 182 Å². The fourth-order valence-electron chi connectivity index (χ4n) is 5.58. The molecule has 0 radical (unpaired) electrons. The van der Waals surface area contributed by atoms with Crippen LogP contribution in [0.1, 0.15) is 182 Å². The fraction of sp³-hybridized carbons (Fsp3) is 1.00. The minimum absolute atomic E-state index is 0. The first kappa shape index (κ1) is 36.7. The molecule has 34 heavy (non-hydrogen) atoms. The Morgan fingerprint density at radius 1 is 0.265 bits per heavy atom. The van der Waals surface area contributed by atoms with Crippen molar-refractivity contribution in [3.8, 4) is 0 Å². The Kier molecular flexibility index (Phi) is 32.2. The first-order chi connectivity index (χ1) is 16.2. The zero-order valence-electron chi connectivity index (χ0n) is 25.0. The summed E-state index contributed by atoms with van der Waals surface area (Å²) in [6, 6.07) is 0. The van der Waals surface area contributed by atoms with Gasteiger partial charge in [0.05, 0.1) is 26.2 Å². The molecule has 0 heterocycles. The van der Waals surface area contributed by atoms with Crippen LogP contribution in [0.15, 0.2) is 0 Å². The van der Waals surface area contributed by atoms with E-state index >= 15 is 0 Å². The maximum absolute atomic E-state index is 2.34. The summed E-state index contributed by atoms with van der Waals surface area (Å²) in [5, 5.41) is 0. The van der Waals surface area contributed by atoms with E-state index in [-0.39, 0.29) is 19.5 Å². The molecule has 0 aromatic heterocycles. The Bertz CT molecular complexity index is 287. The summed E-state index contributed by atoms with van der Waals surface area (Å²) in [6.07, 6.45) is 34.8. The molecular formula is C32H68NZn+. The summed E-state index contributed by atoms with van der Waals surface area (Å²) in [6.45, 7) is 15.3. The third kappa shape index (κ3) is 24.3. The summed E-state index contributed by atoms with van der Waals surface area (Å²) >= 11 is 0. The van der Waals surface area contributed by atoms with Gasteiger partial charge in [0, 0.05) is 19.5 Å². The largest absolute Gasteiger partial charge is 0.324 e. The molecular weight excluding hydrogens is 464 g/mol.